The number of carbonyl (C=O) groups is 1. The van der Waals surface area contributed by atoms with E-state index in [9.17, 15) is 9.90 Å². The number of nitrogens with zero attached hydrogens (tertiary/aromatic N) is 3. The van der Waals surface area contributed by atoms with Gasteiger partial charge in [0.15, 0.2) is 0 Å². The monoisotopic (exact) mass is 345 g/mol. The molecule has 0 radical (unpaired) electrons. The molecule has 0 bridgehead atoms. The molecule has 2 aliphatic heterocycles. The molecule has 5 heteroatoms. The molecule has 2 fully saturated rings. The molecule has 1 N–H and O–H groups in total. The third-order valence-electron chi connectivity index (χ3n) is 5.79. The number of likely N-dealkylation sites (tertiary alicyclic amines) is 1. The van der Waals surface area contributed by atoms with E-state index in [0.717, 1.165) is 57.7 Å². The molecule has 0 aliphatic carbocycles. The Balaban J connectivity index is 1.74. The number of piperazine rings is 1. The quantitative estimate of drug-likeness (QED) is 0.900. The van der Waals surface area contributed by atoms with E-state index in [4.69, 9.17) is 0 Å². The summed E-state index contributed by atoms with van der Waals surface area (Å²) in [5.41, 5.74) is 1.09. The van der Waals surface area contributed by atoms with E-state index >= 15 is 0 Å². The fourth-order valence-corrected chi connectivity index (χ4v) is 4.00. The molecule has 25 heavy (non-hydrogen) atoms. The van der Waals surface area contributed by atoms with Crippen LogP contribution in [0.5, 0.6) is 0 Å². The van der Waals surface area contributed by atoms with Crippen molar-refractivity contribution < 1.29 is 9.90 Å². The highest BCUT2D eigenvalue weighted by Gasteiger charge is 2.34. The zero-order valence-corrected chi connectivity index (χ0v) is 15.5. The van der Waals surface area contributed by atoms with Crippen LogP contribution in [0, 0.1) is 5.92 Å². The van der Waals surface area contributed by atoms with Crippen LogP contribution in [0.4, 0.5) is 0 Å². The van der Waals surface area contributed by atoms with Crippen LogP contribution in [0.3, 0.4) is 0 Å². The van der Waals surface area contributed by atoms with E-state index in [1.165, 1.54) is 0 Å². The Morgan fingerprint density at radius 2 is 1.64 bits per heavy atom. The van der Waals surface area contributed by atoms with Crippen molar-refractivity contribution in [2.45, 2.75) is 31.9 Å². The van der Waals surface area contributed by atoms with Crippen LogP contribution in [0.1, 0.15) is 31.4 Å². The summed E-state index contributed by atoms with van der Waals surface area (Å²) < 4.78 is 0. The van der Waals surface area contributed by atoms with Crippen LogP contribution in [-0.2, 0) is 4.79 Å². The summed E-state index contributed by atoms with van der Waals surface area (Å²) in [7, 11) is 2.14. The maximum atomic E-state index is 13.4. The summed E-state index contributed by atoms with van der Waals surface area (Å²) in [4.78, 5) is 20.0. The second-order valence-electron chi connectivity index (χ2n) is 7.56. The minimum absolute atomic E-state index is 0.182. The zero-order valence-electron chi connectivity index (χ0n) is 15.5. The van der Waals surface area contributed by atoms with E-state index in [2.05, 4.69) is 29.0 Å². The first-order valence-electron chi connectivity index (χ1n) is 9.50. The smallest absolute Gasteiger partial charge is 0.244 e. The van der Waals surface area contributed by atoms with Gasteiger partial charge in [0.05, 0.1) is 6.10 Å². The van der Waals surface area contributed by atoms with Gasteiger partial charge in [0.1, 0.15) is 6.04 Å². The van der Waals surface area contributed by atoms with Crippen LogP contribution in [0.25, 0.3) is 0 Å². The van der Waals surface area contributed by atoms with Crippen molar-refractivity contribution in [2.24, 2.45) is 5.92 Å². The minimum Gasteiger partial charge on any atom is -0.393 e. The van der Waals surface area contributed by atoms with Crippen LogP contribution in [0.15, 0.2) is 30.3 Å². The van der Waals surface area contributed by atoms with Crippen molar-refractivity contribution >= 4 is 5.91 Å². The van der Waals surface area contributed by atoms with Crippen molar-refractivity contribution in [3.05, 3.63) is 35.9 Å². The fourth-order valence-electron chi connectivity index (χ4n) is 4.00. The summed E-state index contributed by atoms with van der Waals surface area (Å²) in [6.45, 7) is 7.22. The number of carbonyl (C=O) groups excluding carboxylic acids is 1. The van der Waals surface area contributed by atoms with E-state index < -0.39 is 0 Å². The molecule has 3 rings (SSSR count). The Kier molecular flexibility index (Phi) is 6.10. The van der Waals surface area contributed by atoms with Gasteiger partial charge >= 0.3 is 0 Å². The Morgan fingerprint density at radius 3 is 2.20 bits per heavy atom. The van der Waals surface area contributed by atoms with Gasteiger partial charge in [-0.1, -0.05) is 30.3 Å². The molecule has 1 aromatic carbocycles. The largest absolute Gasteiger partial charge is 0.393 e. The highest BCUT2D eigenvalue weighted by Crippen LogP contribution is 2.28. The lowest BCUT2D eigenvalue weighted by atomic mass is 9.91. The first-order chi connectivity index (χ1) is 12.1. The van der Waals surface area contributed by atoms with E-state index in [0.29, 0.717) is 5.92 Å². The molecule has 1 amide bonds. The molecule has 2 unspecified atom stereocenters. The molecule has 2 saturated heterocycles. The molecule has 2 heterocycles. The molecule has 0 spiro atoms. The number of aliphatic hydroxyl groups excluding tert-OH is 1. The molecule has 138 valence electrons. The van der Waals surface area contributed by atoms with Gasteiger partial charge in [-0.3, -0.25) is 9.69 Å². The van der Waals surface area contributed by atoms with Gasteiger partial charge in [0.25, 0.3) is 0 Å². The minimum atomic E-state index is -0.278. The Hall–Kier alpha value is -1.43. The molecule has 2 aliphatic rings. The number of amides is 1. The maximum Gasteiger partial charge on any atom is 0.244 e. The predicted molar refractivity (Wildman–Crippen MR) is 99.2 cm³/mol. The second kappa shape index (κ2) is 8.30. The van der Waals surface area contributed by atoms with Crippen LogP contribution < -0.4 is 0 Å². The summed E-state index contributed by atoms with van der Waals surface area (Å²) >= 11 is 0. The van der Waals surface area contributed by atoms with Crippen molar-refractivity contribution in [1.82, 2.24) is 14.7 Å². The Morgan fingerprint density at radius 1 is 1.04 bits per heavy atom. The summed E-state index contributed by atoms with van der Waals surface area (Å²) in [5, 5.41) is 9.80. The number of aliphatic hydroxyl groups is 1. The van der Waals surface area contributed by atoms with Crippen molar-refractivity contribution in [3.63, 3.8) is 0 Å². The van der Waals surface area contributed by atoms with E-state index in [1.54, 1.807) is 0 Å². The SMILES string of the molecule is CC(O)C1CCN(C(=O)C(c2ccccc2)N2CCN(C)CC2)CC1. The van der Waals surface area contributed by atoms with Gasteiger partial charge in [-0.15, -0.1) is 0 Å². The van der Waals surface area contributed by atoms with E-state index in [1.807, 2.05) is 30.0 Å². The van der Waals surface area contributed by atoms with Crippen LogP contribution in [-0.4, -0.2) is 78.1 Å². The van der Waals surface area contributed by atoms with E-state index in [-0.39, 0.29) is 18.1 Å². The van der Waals surface area contributed by atoms with Crippen molar-refractivity contribution in [1.29, 1.82) is 0 Å². The predicted octanol–water partition coefficient (Wildman–Crippen LogP) is 1.59. The standard InChI is InChI=1S/C20H31N3O2/c1-16(24)17-8-10-23(11-9-17)20(25)19(18-6-4-3-5-7-18)22-14-12-21(2)13-15-22/h3-7,16-17,19,24H,8-15H2,1-2H3. The van der Waals surface area contributed by atoms with Gasteiger partial charge < -0.3 is 14.9 Å². The van der Waals surface area contributed by atoms with Crippen molar-refractivity contribution in [3.8, 4) is 0 Å². The third-order valence-corrected chi connectivity index (χ3v) is 5.79. The van der Waals surface area contributed by atoms with Gasteiger partial charge in [-0.05, 0) is 38.3 Å². The van der Waals surface area contributed by atoms with Crippen LogP contribution in [0.2, 0.25) is 0 Å². The lowest BCUT2D eigenvalue weighted by molar-refractivity contribution is -0.140. The first kappa shape index (κ1) is 18.4. The van der Waals surface area contributed by atoms with Gasteiger partial charge in [-0.25, -0.2) is 0 Å². The summed E-state index contributed by atoms with van der Waals surface area (Å²) in [5.74, 6) is 0.544. The average molecular weight is 345 g/mol. The summed E-state index contributed by atoms with van der Waals surface area (Å²) in [6.07, 6.45) is 1.52. The Bertz CT molecular complexity index is 547. The topological polar surface area (TPSA) is 47.0 Å². The van der Waals surface area contributed by atoms with Crippen molar-refractivity contribution in [2.75, 3.05) is 46.3 Å². The molecule has 0 saturated carbocycles. The molecule has 0 aromatic heterocycles. The average Bonchev–Trinajstić information content (AvgIpc) is 2.64. The highest BCUT2D eigenvalue weighted by molar-refractivity contribution is 5.83. The molecule has 1 aromatic rings. The Labute approximate surface area is 151 Å². The van der Waals surface area contributed by atoms with Gasteiger partial charge in [0.2, 0.25) is 5.91 Å². The number of hydrogen-bond donors (Lipinski definition) is 1. The molecule has 2 atom stereocenters. The molecular weight excluding hydrogens is 314 g/mol. The first-order valence-corrected chi connectivity index (χ1v) is 9.50. The maximum absolute atomic E-state index is 13.4. The lowest BCUT2D eigenvalue weighted by Crippen LogP contribution is -2.52. The number of piperidine rings is 1. The second-order valence-corrected chi connectivity index (χ2v) is 7.56. The number of hydrogen-bond acceptors (Lipinski definition) is 4. The lowest BCUT2D eigenvalue weighted by Gasteiger charge is -2.41. The summed E-state index contributed by atoms with van der Waals surface area (Å²) in [6, 6.07) is 10.0. The zero-order chi connectivity index (χ0) is 17.8. The van der Waals surface area contributed by atoms with Gasteiger partial charge in [0, 0.05) is 39.3 Å². The fraction of sp³-hybridized carbons (Fsp3) is 0.650. The number of likely N-dealkylation sites (N-methyl/N-ethyl adjacent to an activating group) is 1. The highest BCUT2D eigenvalue weighted by atomic mass is 16.3. The molecule has 5 nitrogen and oxygen atoms in total. The van der Waals surface area contributed by atoms with Crippen LogP contribution >= 0.6 is 0 Å². The number of rotatable bonds is 4. The normalized spacial score (nSPS) is 23.4. The van der Waals surface area contributed by atoms with Gasteiger partial charge in [-0.2, -0.15) is 0 Å². The third kappa shape index (κ3) is 4.40. The molecular formula is C20H31N3O2. The number of benzene rings is 1.